The fourth-order valence-electron chi connectivity index (χ4n) is 1.20. The number of carbonyl (C=O) groups excluding carboxylic acids is 2. The van der Waals surface area contributed by atoms with E-state index in [4.69, 9.17) is 5.11 Å². The second kappa shape index (κ2) is 8.23. The van der Waals surface area contributed by atoms with Crippen molar-refractivity contribution in [1.29, 1.82) is 0 Å². The van der Waals surface area contributed by atoms with Crippen LogP contribution in [-0.4, -0.2) is 23.1 Å². The monoisotopic (exact) mass is 218 g/mol. The SMILES string of the molecule is CC(=O)OOC(C)=O.OC1CCCCC1. The van der Waals surface area contributed by atoms with Gasteiger partial charge < -0.3 is 5.11 Å². The molecule has 88 valence electrons. The minimum absolute atomic E-state index is 0.0359. The molecule has 1 saturated carbocycles. The number of aliphatic hydroxyl groups is 1. The first-order valence-corrected chi connectivity index (χ1v) is 5.06. The van der Waals surface area contributed by atoms with Crippen LogP contribution in [0.15, 0.2) is 0 Å². The molecule has 0 spiro atoms. The van der Waals surface area contributed by atoms with Crippen molar-refractivity contribution in [3.8, 4) is 0 Å². The van der Waals surface area contributed by atoms with Crippen LogP contribution in [-0.2, 0) is 19.4 Å². The fourth-order valence-corrected chi connectivity index (χ4v) is 1.20. The van der Waals surface area contributed by atoms with Gasteiger partial charge in [-0.25, -0.2) is 19.4 Å². The lowest BCUT2D eigenvalue weighted by Crippen LogP contribution is -2.09. The molecule has 5 heteroatoms. The van der Waals surface area contributed by atoms with Gasteiger partial charge in [0.05, 0.1) is 6.10 Å². The van der Waals surface area contributed by atoms with Crippen molar-refractivity contribution >= 4 is 11.9 Å². The summed E-state index contributed by atoms with van der Waals surface area (Å²) < 4.78 is 0. The average molecular weight is 218 g/mol. The van der Waals surface area contributed by atoms with E-state index in [9.17, 15) is 9.59 Å². The zero-order valence-corrected chi connectivity index (χ0v) is 9.19. The van der Waals surface area contributed by atoms with Gasteiger partial charge in [-0.1, -0.05) is 19.3 Å². The number of carbonyl (C=O) groups is 2. The van der Waals surface area contributed by atoms with Crippen molar-refractivity contribution in [2.45, 2.75) is 52.1 Å². The normalized spacial score (nSPS) is 15.9. The van der Waals surface area contributed by atoms with Gasteiger partial charge in [0.1, 0.15) is 0 Å². The largest absolute Gasteiger partial charge is 0.393 e. The Morgan fingerprint density at radius 2 is 1.40 bits per heavy atom. The minimum atomic E-state index is -0.639. The zero-order valence-electron chi connectivity index (χ0n) is 9.19. The van der Waals surface area contributed by atoms with Crippen LogP contribution in [0.4, 0.5) is 0 Å². The van der Waals surface area contributed by atoms with Crippen LogP contribution in [0.2, 0.25) is 0 Å². The summed E-state index contributed by atoms with van der Waals surface area (Å²) in [4.78, 5) is 27.3. The molecular formula is C10H18O5. The maximum Gasteiger partial charge on any atom is 0.352 e. The standard InChI is InChI=1S/C6H12O.C4H6O4/c7-6-4-2-1-3-5-6;1-3(5)7-8-4(2)6/h6-7H,1-5H2;1-2H3. The Balaban J connectivity index is 0.000000262. The van der Waals surface area contributed by atoms with Crippen LogP contribution >= 0.6 is 0 Å². The zero-order chi connectivity index (χ0) is 11.7. The van der Waals surface area contributed by atoms with Crippen LogP contribution in [0, 0.1) is 0 Å². The van der Waals surface area contributed by atoms with Gasteiger partial charge >= 0.3 is 11.9 Å². The highest BCUT2D eigenvalue weighted by Gasteiger charge is 2.07. The lowest BCUT2D eigenvalue weighted by molar-refractivity contribution is -0.255. The predicted octanol–water partition coefficient (Wildman–Crippen LogP) is 1.34. The molecule has 0 radical (unpaired) electrons. The number of rotatable bonds is 0. The van der Waals surface area contributed by atoms with E-state index < -0.39 is 11.9 Å². The first-order valence-electron chi connectivity index (χ1n) is 5.06. The lowest BCUT2D eigenvalue weighted by atomic mass is 9.98. The maximum atomic E-state index is 9.85. The summed E-state index contributed by atoms with van der Waals surface area (Å²) in [6.07, 6.45) is 5.92. The van der Waals surface area contributed by atoms with Gasteiger partial charge in [-0.3, -0.25) is 0 Å². The van der Waals surface area contributed by atoms with Gasteiger partial charge in [-0.15, -0.1) is 0 Å². The van der Waals surface area contributed by atoms with Crippen molar-refractivity contribution in [2.75, 3.05) is 0 Å². The van der Waals surface area contributed by atoms with E-state index >= 15 is 0 Å². The van der Waals surface area contributed by atoms with Gasteiger partial charge in [-0.2, -0.15) is 0 Å². The molecule has 15 heavy (non-hydrogen) atoms. The molecule has 0 unspecified atom stereocenters. The molecule has 0 bridgehead atoms. The molecule has 0 aromatic carbocycles. The van der Waals surface area contributed by atoms with Crippen LogP contribution in [0.25, 0.3) is 0 Å². The molecule has 0 saturated heterocycles. The van der Waals surface area contributed by atoms with E-state index in [2.05, 4.69) is 9.78 Å². The Hall–Kier alpha value is -1.10. The third kappa shape index (κ3) is 10.8. The molecule has 0 atom stereocenters. The summed E-state index contributed by atoms with van der Waals surface area (Å²) in [6.45, 7) is 2.28. The van der Waals surface area contributed by atoms with Gasteiger partial charge in [0.15, 0.2) is 0 Å². The van der Waals surface area contributed by atoms with E-state index in [1.54, 1.807) is 0 Å². The Bertz CT molecular complexity index is 182. The second-order valence-electron chi connectivity index (χ2n) is 3.44. The summed E-state index contributed by atoms with van der Waals surface area (Å²) in [7, 11) is 0. The number of aliphatic hydroxyl groups excluding tert-OH is 1. The van der Waals surface area contributed by atoms with E-state index in [-0.39, 0.29) is 6.10 Å². The molecule has 0 aromatic heterocycles. The fraction of sp³-hybridized carbons (Fsp3) is 0.800. The number of hydrogen-bond acceptors (Lipinski definition) is 5. The van der Waals surface area contributed by atoms with Crippen LogP contribution in [0.1, 0.15) is 46.0 Å². The summed E-state index contributed by atoms with van der Waals surface area (Å²) in [5.41, 5.74) is 0. The molecule has 1 N–H and O–H groups in total. The van der Waals surface area contributed by atoms with Gasteiger partial charge in [0.25, 0.3) is 0 Å². The smallest absolute Gasteiger partial charge is 0.352 e. The summed E-state index contributed by atoms with van der Waals surface area (Å²) in [5.74, 6) is -1.28. The summed E-state index contributed by atoms with van der Waals surface area (Å²) in [6, 6.07) is 0. The van der Waals surface area contributed by atoms with Crippen molar-refractivity contribution in [3.63, 3.8) is 0 Å². The van der Waals surface area contributed by atoms with Gasteiger partial charge in [-0.05, 0) is 12.8 Å². The highest BCUT2D eigenvalue weighted by molar-refractivity contribution is 5.69. The third-order valence-corrected chi connectivity index (χ3v) is 1.85. The number of hydrogen-bond donors (Lipinski definition) is 1. The average Bonchev–Trinajstić information content (AvgIpc) is 2.17. The predicted molar refractivity (Wildman–Crippen MR) is 52.6 cm³/mol. The molecule has 1 aliphatic rings. The quantitative estimate of drug-likeness (QED) is 0.490. The molecule has 1 rings (SSSR count). The van der Waals surface area contributed by atoms with E-state index in [1.165, 1.54) is 19.3 Å². The maximum absolute atomic E-state index is 9.85. The summed E-state index contributed by atoms with van der Waals surface area (Å²) >= 11 is 0. The molecule has 1 aliphatic carbocycles. The van der Waals surface area contributed by atoms with Crippen LogP contribution < -0.4 is 0 Å². The Morgan fingerprint density at radius 3 is 1.60 bits per heavy atom. The van der Waals surface area contributed by atoms with Gasteiger partial charge in [0.2, 0.25) is 0 Å². The minimum Gasteiger partial charge on any atom is -0.393 e. The van der Waals surface area contributed by atoms with Gasteiger partial charge in [0, 0.05) is 13.8 Å². The van der Waals surface area contributed by atoms with Crippen molar-refractivity contribution < 1.29 is 24.5 Å². The summed E-state index contributed by atoms with van der Waals surface area (Å²) in [5, 5.41) is 8.91. The highest BCUT2D eigenvalue weighted by atomic mass is 17.2. The first kappa shape index (κ1) is 13.9. The van der Waals surface area contributed by atoms with E-state index in [0.717, 1.165) is 26.7 Å². The third-order valence-electron chi connectivity index (χ3n) is 1.85. The van der Waals surface area contributed by atoms with Crippen molar-refractivity contribution in [3.05, 3.63) is 0 Å². The molecule has 0 heterocycles. The Kier molecular flexibility index (Phi) is 7.62. The molecular weight excluding hydrogens is 200 g/mol. The Morgan fingerprint density at radius 1 is 1.00 bits per heavy atom. The lowest BCUT2D eigenvalue weighted by Gasteiger charge is -2.14. The van der Waals surface area contributed by atoms with E-state index in [1.807, 2.05) is 0 Å². The second-order valence-corrected chi connectivity index (χ2v) is 3.44. The molecule has 1 fully saturated rings. The molecule has 0 amide bonds. The molecule has 5 nitrogen and oxygen atoms in total. The van der Waals surface area contributed by atoms with Crippen molar-refractivity contribution in [1.82, 2.24) is 0 Å². The van der Waals surface area contributed by atoms with Crippen molar-refractivity contribution in [2.24, 2.45) is 0 Å². The van der Waals surface area contributed by atoms with E-state index in [0.29, 0.717) is 0 Å². The first-order chi connectivity index (χ1) is 7.02. The molecule has 0 aliphatic heterocycles. The van der Waals surface area contributed by atoms with Crippen LogP contribution in [0.5, 0.6) is 0 Å². The topological polar surface area (TPSA) is 72.8 Å². The highest BCUT2D eigenvalue weighted by Crippen LogP contribution is 2.16. The molecule has 0 aromatic rings. The van der Waals surface area contributed by atoms with Crippen LogP contribution in [0.3, 0.4) is 0 Å². The Labute approximate surface area is 89.3 Å².